The van der Waals surface area contributed by atoms with Crippen molar-refractivity contribution in [3.63, 3.8) is 0 Å². The number of rotatable bonds is 4. The summed E-state index contributed by atoms with van der Waals surface area (Å²) in [6.07, 6.45) is 0.897. The zero-order valence-corrected chi connectivity index (χ0v) is 10.0. The Balaban J connectivity index is 2.53. The van der Waals surface area contributed by atoms with E-state index in [0.29, 0.717) is 0 Å². The Hall–Kier alpha value is -0.620. The Morgan fingerprint density at radius 1 is 1.53 bits per heavy atom. The molecule has 0 aliphatic carbocycles. The molecule has 1 aliphatic heterocycles. The summed E-state index contributed by atoms with van der Waals surface area (Å²) in [5.41, 5.74) is 0. The van der Waals surface area contributed by atoms with E-state index >= 15 is 0 Å². The largest absolute Gasteiger partial charge is 0.341 e. The molecule has 0 aromatic heterocycles. The van der Waals surface area contributed by atoms with Crippen LogP contribution in [0.5, 0.6) is 0 Å². The molecule has 1 rings (SSSR count). The summed E-state index contributed by atoms with van der Waals surface area (Å²) in [5, 5.41) is 3.14. The van der Waals surface area contributed by atoms with E-state index in [0.717, 1.165) is 19.5 Å². The Kier molecular flexibility index (Phi) is 4.10. The maximum Gasteiger partial charge on any atom is 0.237 e. The monoisotopic (exact) mass is 234 g/mol. The van der Waals surface area contributed by atoms with Crippen molar-refractivity contribution < 1.29 is 13.2 Å². The standard InChI is InChI=1S/C9H18N2O3S/c1-3-15(13,14)7-9(12)11(2)8-4-5-10-6-8/h8,10H,3-7H2,1-2H3. The first kappa shape index (κ1) is 12.4. The lowest BCUT2D eigenvalue weighted by atomic mass is 10.2. The number of carbonyl (C=O) groups excluding carboxylic acids is 1. The highest BCUT2D eigenvalue weighted by molar-refractivity contribution is 7.92. The Morgan fingerprint density at radius 3 is 2.67 bits per heavy atom. The molecule has 0 bridgehead atoms. The molecule has 1 N–H and O–H groups in total. The van der Waals surface area contributed by atoms with Crippen molar-refractivity contribution in [1.29, 1.82) is 0 Å². The van der Waals surface area contributed by atoms with Gasteiger partial charge in [0.1, 0.15) is 5.75 Å². The maximum atomic E-state index is 11.6. The number of carbonyl (C=O) groups is 1. The highest BCUT2D eigenvalue weighted by Crippen LogP contribution is 2.07. The van der Waals surface area contributed by atoms with E-state index in [4.69, 9.17) is 0 Å². The van der Waals surface area contributed by atoms with E-state index in [1.807, 2.05) is 0 Å². The van der Waals surface area contributed by atoms with E-state index in [2.05, 4.69) is 5.32 Å². The van der Waals surface area contributed by atoms with Crippen molar-refractivity contribution in [2.24, 2.45) is 0 Å². The molecule has 0 aromatic rings. The second-order valence-corrected chi connectivity index (χ2v) is 6.18. The van der Waals surface area contributed by atoms with Crippen LogP contribution in [0.15, 0.2) is 0 Å². The zero-order valence-electron chi connectivity index (χ0n) is 9.19. The summed E-state index contributed by atoms with van der Waals surface area (Å²) in [4.78, 5) is 13.2. The minimum absolute atomic E-state index is 0.0233. The smallest absolute Gasteiger partial charge is 0.237 e. The average Bonchev–Trinajstić information content (AvgIpc) is 2.68. The molecule has 1 atom stereocenters. The van der Waals surface area contributed by atoms with Crippen LogP contribution in [0.3, 0.4) is 0 Å². The Labute approximate surface area is 90.7 Å². The van der Waals surface area contributed by atoms with Crippen LogP contribution in [-0.2, 0) is 14.6 Å². The van der Waals surface area contributed by atoms with Gasteiger partial charge >= 0.3 is 0 Å². The lowest BCUT2D eigenvalue weighted by Gasteiger charge is -2.23. The number of hydrogen-bond donors (Lipinski definition) is 1. The van der Waals surface area contributed by atoms with Crippen molar-refractivity contribution in [2.45, 2.75) is 19.4 Å². The van der Waals surface area contributed by atoms with Gasteiger partial charge in [-0.3, -0.25) is 4.79 Å². The SMILES string of the molecule is CCS(=O)(=O)CC(=O)N(C)C1CCNC1. The molecular weight excluding hydrogens is 216 g/mol. The summed E-state index contributed by atoms with van der Waals surface area (Å²) in [7, 11) is -1.53. The zero-order chi connectivity index (χ0) is 11.5. The third kappa shape index (κ3) is 3.46. The molecule has 15 heavy (non-hydrogen) atoms. The molecule has 0 spiro atoms. The molecule has 0 saturated carbocycles. The molecule has 1 amide bonds. The number of likely N-dealkylation sites (N-methyl/N-ethyl adjacent to an activating group) is 1. The van der Waals surface area contributed by atoms with Crippen LogP contribution in [-0.4, -0.2) is 56.9 Å². The van der Waals surface area contributed by atoms with Crippen LogP contribution in [0, 0.1) is 0 Å². The van der Waals surface area contributed by atoms with Crippen molar-refractivity contribution in [3.05, 3.63) is 0 Å². The molecule has 5 nitrogen and oxygen atoms in total. The summed E-state index contributed by atoms with van der Waals surface area (Å²) >= 11 is 0. The van der Waals surface area contributed by atoms with Crippen molar-refractivity contribution in [2.75, 3.05) is 31.6 Å². The van der Waals surface area contributed by atoms with Crippen LogP contribution >= 0.6 is 0 Å². The van der Waals surface area contributed by atoms with Gasteiger partial charge in [0.25, 0.3) is 0 Å². The molecule has 6 heteroatoms. The maximum absolute atomic E-state index is 11.6. The van der Waals surface area contributed by atoms with Gasteiger partial charge in [-0.1, -0.05) is 6.92 Å². The third-order valence-corrected chi connectivity index (χ3v) is 4.33. The highest BCUT2D eigenvalue weighted by Gasteiger charge is 2.25. The quantitative estimate of drug-likeness (QED) is 0.694. The molecule has 1 fully saturated rings. The van der Waals surface area contributed by atoms with E-state index in [1.54, 1.807) is 18.9 Å². The van der Waals surface area contributed by atoms with Gasteiger partial charge < -0.3 is 10.2 Å². The Bertz CT molecular complexity index is 320. The molecule has 0 aromatic carbocycles. The fourth-order valence-electron chi connectivity index (χ4n) is 1.57. The van der Waals surface area contributed by atoms with E-state index < -0.39 is 9.84 Å². The molecule has 1 saturated heterocycles. The van der Waals surface area contributed by atoms with Gasteiger partial charge in [0.05, 0.1) is 0 Å². The summed E-state index contributed by atoms with van der Waals surface area (Å²) in [6, 6.07) is 0.143. The Morgan fingerprint density at radius 2 is 2.20 bits per heavy atom. The second kappa shape index (κ2) is 4.94. The van der Waals surface area contributed by atoms with Gasteiger partial charge in [0.15, 0.2) is 9.84 Å². The van der Waals surface area contributed by atoms with Gasteiger partial charge in [-0.15, -0.1) is 0 Å². The second-order valence-electron chi connectivity index (χ2n) is 3.83. The van der Waals surface area contributed by atoms with Gasteiger partial charge in [-0.05, 0) is 13.0 Å². The predicted molar refractivity (Wildman–Crippen MR) is 58.4 cm³/mol. The number of hydrogen-bond acceptors (Lipinski definition) is 4. The van der Waals surface area contributed by atoms with Crippen molar-refractivity contribution in [3.8, 4) is 0 Å². The van der Waals surface area contributed by atoms with E-state index in [9.17, 15) is 13.2 Å². The first-order valence-corrected chi connectivity index (χ1v) is 6.95. The fourth-order valence-corrected chi connectivity index (χ4v) is 2.35. The minimum atomic E-state index is -3.20. The van der Waals surface area contributed by atoms with Crippen LogP contribution in [0.4, 0.5) is 0 Å². The van der Waals surface area contributed by atoms with E-state index in [1.165, 1.54) is 0 Å². The van der Waals surface area contributed by atoms with Gasteiger partial charge in [0.2, 0.25) is 5.91 Å². The summed E-state index contributed by atoms with van der Waals surface area (Å²) < 4.78 is 22.5. The average molecular weight is 234 g/mol. The summed E-state index contributed by atoms with van der Waals surface area (Å²) in [5.74, 6) is -0.642. The van der Waals surface area contributed by atoms with Crippen LogP contribution in [0.2, 0.25) is 0 Å². The number of nitrogens with one attached hydrogen (secondary N) is 1. The number of sulfone groups is 1. The number of nitrogens with zero attached hydrogens (tertiary/aromatic N) is 1. The highest BCUT2D eigenvalue weighted by atomic mass is 32.2. The molecule has 88 valence electrons. The van der Waals surface area contributed by atoms with Crippen LogP contribution in [0.25, 0.3) is 0 Å². The third-order valence-electron chi connectivity index (χ3n) is 2.76. The fraction of sp³-hybridized carbons (Fsp3) is 0.889. The first-order chi connectivity index (χ1) is 6.96. The molecule has 1 unspecified atom stereocenters. The van der Waals surface area contributed by atoms with Crippen molar-refractivity contribution >= 4 is 15.7 Å². The van der Waals surface area contributed by atoms with E-state index in [-0.39, 0.29) is 23.5 Å². The van der Waals surface area contributed by atoms with Crippen LogP contribution < -0.4 is 5.32 Å². The lowest BCUT2D eigenvalue weighted by molar-refractivity contribution is -0.128. The van der Waals surface area contributed by atoms with Gasteiger partial charge in [-0.25, -0.2) is 8.42 Å². The first-order valence-electron chi connectivity index (χ1n) is 5.13. The predicted octanol–water partition coefficient (Wildman–Crippen LogP) is -0.759. The normalized spacial score (nSPS) is 21.6. The summed E-state index contributed by atoms with van der Waals surface area (Å²) in [6.45, 7) is 3.21. The molecule has 0 radical (unpaired) electrons. The molecule has 1 heterocycles. The topological polar surface area (TPSA) is 66.5 Å². The van der Waals surface area contributed by atoms with Crippen molar-refractivity contribution in [1.82, 2.24) is 10.2 Å². The van der Waals surface area contributed by atoms with Gasteiger partial charge in [0, 0.05) is 25.4 Å². The van der Waals surface area contributed by atoms with Gasteiger partial charge in [-0.2, -0.15) is 0 Å². The molecule has 1 aliphatic rings. The molecular formula is C9H18N2O3S. The lowest BCUT2D eigenvalue weighted by Crippen LogP contribution is -2.41. The minimum Gasteiger partial charge on any atom is -0.341 e. The number of amides is 1. The van der Waals surface area contributed by atoms with Crippen LogP contribution in [0.1, 0.15) is 13.3 Å².